The Kier molecular flexibility index (Phi) is 6.71. The Hall–Kier alpha value is -2.53. The molecule has 0 aliphatic heterocycles. The van der Waals surface area contributed by atoms with Gasteiger partial charge in [0, 0.05) is 31.0 Å². The molecule has 0 aliphatic carbocycles. The molecule has 0 aliphatic rings. The average molecular weight is 464 g/mol. The normalized spacial score (nSPS) is 11.5. The number of fused-ring (bicyclic) bond motifs is 1. The first-order valence-corrected chi connectivity index (χ1v) is 11.6. The van der Waals surface area contributed by atoms with E-state index in [-0.39, 0.29) is 10.9 Å². The zero-order chi connectivity index (χ0) is 21.9. The predicted octanol–water partition coefficient (Wildman–Crippen LogP) is 3.42. The summed E-state index contributed by atoms with van der Waals surface area (Å²) >= 11 is 6.72. The zero-order valence-corrected chi connectivity index (χ0v) is 19.1. The lowest BCUT2D eigenvalue weighted by Gasteiger charge is -2.13. The van der Waals surface area contributed by atoms with Crippen LogP contribution in [0.5, 0.6) is 0 Å². The summed E-state index contributed by atoms with van der Waals surface area (Å²) in [6.45, 7) is 0.446. The summed E-state index contributed by atoms with van der Waals surface area (Å²) in [6.07, 6.45) is 0. The van der Waals surface area contributed by atoms with Gasteiger partial charge in [-0.05, 0) is 59.6 Å². The van der Waals surface area contributed by atoms with E-state index in [1.807, 2.05) is 18.2 Å². The van der Waals surface area contributed by atoms with E-state index in [2.05, 4.69) is 10.6 Å². The Morgan fingerprint density at radius 1 is 1.13 bits per heavy atom. The average Bonchev–Trinajstić information content (AvgIpc) is 3.15. The topological polar surface area (TPSA) is 87.7 Å². The van der Waals surface area contributed by atoms with Crippen LogP contribution in [-0.2, 0) is 21.3 Å². The molecule has 30 heavy (non-hydrogen) atoms. The van der Waals surface area contributed by atoms with E-state index in [0.717, 1.165) is 21.3 Å². The van der Waals surface area contributed by atoms with Crippen molar-refractivity contribution < 1.29 is 17.9 Å². The number of benzene rings is 2. The Labute approximate surface area is 184 Å². The summed E-state index contributed by atoms with van der Waals surface area (Å²) < 4.78 is 31.2. The van der Waals surface area contributed by atoms with E-state index >= 15 is 0 Å². The van der Waals surface area contributed by atoms with Gasteiger partial charge in [-0.25, -0.2) is 17.5 Å². The summed E-state index contributed by atoms with van der Waals surface area (Å²) in [4.78, 5) is 12.5. The van der Waals surface area contributed by atoms with Gasteiger partial charge in [-0.15, -0.1) is 11.3 Å². The zero-order valence-electron chi connectivity index (χ0n) is 16.6. The summed E-state index contributed by atoms with van der Waals surface area (Å²) in [5.41, 5.74) is 1.69. The van der Waals surface area contributed by atoms with Crippen molar-refractivity contribution in [3.63, 3.8) is 0 Å². The van der Waals surface area contributed by atoms with E-state index in [0.29, 0.717) is 16.5 Å². The lowest BCUT2D eigenvalue weighted by molar-refractivity contribution is 0.0606. The molecule has 0 atom stereocenters. The molecule has 3 aromatic rings. The number of thiocarbonyl (C=S) groups is 1. The second kappa shape index (κ2) is 9.09. The van der Waals surface area contributed by atoms with Gasteiger partial charge >= 0.3 is 5.97 Å². The molecule has 0 spiro atoms. The van der Waals surface area contributed by atoms with Crippen molar-refractivity contribution >= 4 is 60.4 Å². The standard InChI is InChI=1S/C20H21N3O4S3/c1-23(2)30(25,26)16-7-4-13(5-8-16)12-21-20(28)22-15-6-9-17-14(10-15)11-18(29-17)19(24)27-3/h4-11H,12H2,1-3H3,(H2,21,22,28). The molecule has 0 saturated heterocycles. The number of hydrogen-bond donors (Lipinski definition) is 2. The smallest absolute Gasteiger partial charge is 0.348 e. The third kappa shape index (κ3) is 4.96. The highest BCUT2D eigenvalue weighted by Crippen LogP contribution is 2.28. The minimum atomic E-state index is -3.44. The second-order valence-corrected chi connectivity index (χ2v) is 10.2. The van der Waals surface area contributed by atoms with Crippen LogP contribution in [0.25, 0.3) is 10.1 Å². The molecule has 3 rings (SSSR count). The van der Waals surface area contributed by atoms with Crippen molar-refractivity contribution in [2.24, 2.45) is 0 Å². The summed E-state index contributed by atoms with van der Waals surface area (Å²) in [6, 6.07) is 14.1. The molecule has 1 aromatic heterocycles. The Bertz CT molecular complexity index is 1190. The SMILES string of the molecule is COC(=O)c1cc2cc(NC(=S)NCc3ccc(S(=O)(=O)N(C)C)cc3)ccc2s1. The molecular weight excluding hydrogens is 442 g/mol. The van der Waals surface area contributed by atoms with E-state index in [1.54, 1.807) is 30.3 Å². The minimum absolute atomic E-state index is 0.243. The number of nitrogens with one attached hydrogen (secondary N) is 2. The van der Waals surface area contributed by atoms with Crippen molar-refractivity contribution in [2.45, 2.75) is 11.4 Å². The first kappa shape index (κ1) is 22.2. The number of anilines is 1. The van der Waals surface area contributed by atoms with E-state index < -0.39 is 10.0 Å². The summed E-state index contributed by atoms with van der Waals surface area (Å²) in [5.74, 6) is -0.354. The van der Waals surface area contributed by atoms with Gasteiger partial charge in [0.25, 0.3) is 0 Å². The molecule has 0 amide bonds. The molecule has 1 heterocycles. The van der Waals surface area contributed by atoms with Crippen LogP contribution in [0.4, 0.5) is 5.69 Å². The Balaban J connectivity index is 1.61. The highest BCUT2D eigenvalue weighted by Gasteiger charge is 2.16. The quantitative estimate of drug-likeness (QED) is 0.428. The molecular formula is C20H21N3O4S3. The minimum Gasteiger partial charge on any atom is -0.465 e. The van der Waals surface area contributed by atoms with Crippen LogP contribution in [-0.4, -0.2) is 45.0 Å². The van der Waals surface area contributed by atoms with Crippen molar-refractivity contribution in [3.8, 4) is 0 Å². The Morgan fingerprint density at radius 3 is 2.47 bits per heavy atom. The number of carbonyl (C=O) groups excluding carboxylic acids is 1. The molecule has 0 unspecified atom stereocenters. The Morgan fingerprint density at radius 2 is 1.83 bits per heavy atom. The first-order valence-electron chi connectivity index (χ1n) is 8.89. The molecule has 0 bridgehead atoms. The molecule has 0 saturated carbocycles. The number of carbonyl (C=O) groups is 1. The van der Waals surface area contributed by atoms with Crippen LogP contribution >= 0.6 is 23.6 Å². The monoisotopic (exact) mass is 463 g/mol. The van der Waals surface area contributed by atoms with Crippen LogP contribution in [0.2, 0.25) is 0 Å². The molecule has 0 fully saturated rings. The van der Waals surface area contributed by atoms with Gasteiger partial charge in [0.2, 0.25) is 10.0 Å². The van der Waals surface area contributed by atoms with Gasteiger partial charge in [0.15, 0.2) is 5.11 Å². The number of ether oxygens (including phenoxy) is 1. The largest absolute Gasteiger partial charge is 0.465 e. The third-order valence-electron chi connectivity index (χ3n) is 4.32. The van der Waals surface area contributed by atoms with E-state index in [9.17, 15) is 13.2 Å². The van der Waals surface area contributed by atoms with Crippen molar-refractivity contribution in [2.75, 3.05) is 26.5 Å². The van der Waals surface area contributed by atoms with Crippen molar-refractivity contribution in [1.82, 2.24) is 9.62 Å². The fraction of sp³-hybridized carbons (Fsp3) is 0.200. The lowest BCUT2D eigenvalue weighted by atomic mass is 10.2. The number of esters is 1. The van der Waals surface area contributed by atoms with Gasteiger partial charge in [-0.1, -0.05) is 12.1 Å². The highest BCUT2D eigenvalue weighted by atomic mass is 32.2. The van der Waals surface area contributed by atoms with Crippen molar-refractivity contribution in [1.29, 1.82) is 0 Å². The molecule has 0 radical (unpaired) electrons. The van der Waals surface area contributed by atoms with Gasteiger partial charge in [0.1, 0.15) is 4.88 Å². The molecule has 2 N–H and O–H groups in total. The number of nitrogens with zero attached hydrogens (tertiary/aromatic N) is 1. The maximum Gasteiger partial charge on any atom is 0.348 e. The van der Waals surface area contributed by atoms with Gasteiger partial charge < -0.3 is 15.4 Å². The number of rotatable bonds is 6. The number of methoxy groups -OCH3 is 1. The van der Waals surface area contributed by atoms with Gasteiger partial charge in [-0.2, -0.15) is 0 Å². The summed E-state index contributed by atoms with van der Waals surface area (Å²) in [5, 5.41) is 7.57. The molecule has 158 valence electrons. The number of sulfonamides is 1. The van der Waals surface area contributed by atoms with Gasteiger partial charge in [0.05, 0.1) is 12.0 Å². The second-order valence-electron chi connectivity index (χ2n) is 6.59. The molecule has 7 nitrogen and oxygen atoms in total. The maximum atomic E-state index is 12.1. The number of hydrogen-bond acceptors (Lipinski definition) is 6. The fourth-order valence-electron chi connectivity index (χ4n) is 2.67. The van der Waals surface area contributed by atoms with Crippen LogP contribution < -0.4 is 10.6 Å². The summed E-state index contributed by atoms with van der Waals surface area (Å²) in [7, 11) is 0.914. The molecule has 10 heteroatoms. The van der Waals surface area contributed by atoms with E-state index in [1.165, 1.54) is 36.8 Å². The van der Waals surface area contributed by atoms with Crippen molar-refractivity contribution in [3.05, 3.63) is 59.0 Å². The van der Waals surface area contributed by atoms with Gasteiger partial charge in [-0.3, -0.25) is 0 Å². The van der Waals surface area contributed by atoms with Crippen LogP contribution in [0, 0.1) is 0 Å². The lowest BCUT2D eigenvalue weighted by Crippen LogP contribution is -2.28. The number of thiophene rings is 1. The fourth-order valence-corrected chi connectivity index (χ4v) is 4.72. The van der Waals surface area contributed by atoms with Crippen LogP contribution in [0.3, 0.4) is 0 Å². The van der Waals surface area contributed by atoms with Crippen LogP contribution in [0.15, 0.2) is 53.4 Å². The third-order valence-corrected chi connectivity index (χ3v) is 7.49. The maximum absolute atomic E-state index is 12.1. The van der Waals surface area contributed by atoms with E-state index in [4.69, 9.17) is 17.0 Å². The molecule has 2 aromatic carbocycles. The first-order chi connectivity index (χ1) is 14.2. The highest BCUT2D eigenvalue weighted by molar-refractivity contribution is 7.89. The van der Waals surface area contributed by atoms with Crippen LogP contribution in [0.1, 0.15) is 15.2 Å². The predicted molar refractivity (Wildman–Crippen MR) is 124 cm³/mol.